The summed E-state index contributed by atoms with van der Waals surface area (Å²) < 4.78 is 5.95. The number of hydrogen-bond donors (Lipinski definition) is 2. The minimum atomic E-state index is -0.147. The maximum atomic E-state index is 11.7. The highest BCUT2D eigenvalue weighted by molar-refractivity contribution is 5.91. The number of pyridine rings is 1. The van der Waals surface area contributed by atoms with Crippen molar-refractivity contribution in [3.05, 3.63) is 47.7 Å². The maximum absolute atomic E-state index is 11.7. The highest BCUT2D eigenvalue weighted by Gasteiger charge is 2.18. The first kappa shape index (κ1) is 24.3. The molecule has 1 saturated heterocycles. The predicted octanol–water partition coefficient (Wildman–Crippen LogP) is 4.47. The number of aromatic nitrogens is 1. The Morgan fingerprint density at radius 1 is 1.03 bits per heavy atom. The van der Waals surface area contributed by atoms with E-state index in [4.69, 9.17) is 9.72 Å². The van der Waals surface area contributed by atoms with E-state index in [0.717, 1.165) is 81.2 Å². The number of fused-ring (bicyclic) bond motifs is 1. The van der Waals surface area contributed by atoms with E-state index in [1.54, 1.807) is 0 Å². The summed E-state index contributed by atoms with van der Waals surface area (Å²) in [6.45, 7) is 8.95. The van der Waals surface area contributed by atoms with Crippen LogP contribution in [0, 0.1) is 0 Å². The molecule has 2 amide bonds. The monoisotopic (exact) mass is 465 g/mol. The SMILES string of the molecule is CCCCCc1cccc(N2CCN(CCCCOc3ccc4c(c3)NC(=O)NCC4)CC2)n1. The van der Waals surface area contributed by atoms with Crippen molar-refractivity contribution in [2.45, 2.75) is 51.9 Å². The molecule has 0 atom stereocenters. The second kappa shape index (κ2) is 12.6. The van der Waals surface area contributed by atoms with Crippen molar-refractivity contribution >= 4 is 17.5 Å². The molecular formula is C27H39N5O2. The number of rotatable bonds is 11. The average molecular weight is 466 g/mol. The summed E-state index contributed by atoms with van der Waals surface area (Å²) in [6.07, 6.45) is 7.82. The van der Waals surface area contributed by atoms with Crippen LogP contribution in [-0.2, 0) is 12.8 Å². The second-order valence-corrected chi connectivity index (χ2v) is 9.28. The predicted molar refractivity (Wildman–Crippen MR) is 138 cm³/mol. The molecule has 7 heteroatoms. The third kappa shape index (κ3) is 7.10. The zero-order valence-electron chi connectivity index (χ0n) is 20.5. The first-order chi connectivity index (χ1) is 16.7. The van der Waals surface area contributed by atoms with E-state index in [1.807, 2.05) is 18.2 Å². The zero-order chi connectivity index (χ0) is 23.6. The highest BCUT2D eigenvalue weighted by Crippen LogP contribution is 2.24. The number of hydrogen-bond acceptors (Lipinski definition) is 5. The lowest BCUT2D eigenvalue weighted by Gasteiger charge is -2.35. The minimum absolute atomic E-state index is 0.147. The van der Waals surface area contributed by atoms with Gasteiger partial charge in [0.25, 0.3) is 0 Å². The Morgan fingerprint density at radius 3 is 2.76 bits per heavy atom. The van der Waals surface area contributed by atoms with Gasteiger partial charge in [0.15, 0.2) is 0 Å². The summed E-state index contributed by atoms with van der Waals surface area (Å²) >= 11 is 0. The van der Waals surface area contributed by atoms with Gasteiger partial charge in [-0.05, 0) is 62.4 Å². The van der Waals surface area contributed by atoms with Gasteiger partial charge in [0.1, 0.15) is 11.6 Å². The number of amides is 2. The van der Waals surface area contributed by atoms with Gasteiger partial charge in [-0.1, -0.05) is 31.9 Å². The maximum Gasteiger partial charge on any atom is 0.319 e. The summed E-state index contributed by atoms with van der Waals surface area (Å²) in [5.74, 6) is 1.95. The van der Waals surface area contributed by atoms with E-state index in [-0.39, 0.29) is 6.03 Å². The summed E-state index contributed by atoms with van der Waals surface area (Å²) in [5.41, 5.74) is 3.22. The molecule has 1 aromatic carbocycles. The number of nitrogens with zero attached hydrogens (tertiary/aromatic N) is 3. The van der Waals surface area contributed by atoms with Crippen LogP contribution < -0.4 is 20.3 Å². The van der Waals surface area contributed by atoms with Gasteiger partial charge in [-0.15, -0.1) is 0 Å². The van der Waals surface area contributed by atoms with Crippen molar-refractivity contribution in [1.82, 2.24) is 15.2 Å². The van der Waals surface area contributed by atoms with Gasteiger partial charge in [-0.3, -0.25) is 4.90 Å². The van der Waals surface area contributed by atoms with Gasteiger partial charge in [-0.2, -0.15) is 0 Å². The molecule has 3 heterocycles. The standard InChI is InChI=1S/C27H39N5O2/c1-2-3-4-8-23-9-7-10-26(29-23)32-18-16-31(17-19-32)15-5-6-20-34-24-12-11-22-13-14-28-27(33)30-25(22)21-24/h7,9-12,21H,2-6,8,13-20H2,1H3,(H2,28,30,33). The minimum Gasteiger partial charge on any atom is -0.494 e. The topological polar surface area (TPSA) is 69.7 Å². The van der Waals surface area contributed by atoms with E-state index >= 15 is 0 Å². The number of urea groups is 1. The molecule has 0 aliphatic carbocycles. The number of benzene rings is 1. The van der Waals surface area contributed by atoms with Crippen molar-refractivity contribution in [3.8, 4) is 5.75 Å². The van der Waals surface area contributed by atoms with Crippen LogP contribution in [0.1, 0.15) is 50.3 Å². The van der Waals surface area contributed by atoms with E-state index in [1.165, 1.54) is 25.0 Å². The molecule has 184 valence electrons. The van der Waals surface area contributed by atoms with E-state index in [9.17, 15) is 4.79 Å². The molecule has 2 aliphatic heterocycles. The Labute approximate surface area is 203 Å². The third-order valence-electron chi connectivity index (χ3n) is 6.67. The van der Waals surface area contributed by atoms with Crippen LogP contribution in [-0.4, -0.2) is 61.8 Å². The fraction of sp³-hybridized carbons (Fsp3) is 0.556. The quantitative estimate of drug-likeness (QED) is 0.479. The smallest absolute Gasteiger partial charge is 0.319 e. The molecule has 2 aliphatic rings. The first-order valence-electron chi connectivity index (χ1n) is 12.9. The molecule has 34 heavy (non-hydrogen) atoms. The number of unbranched alkanes of at least 4 members (excludes halogenated alkanes) is 3. The Bertz CT molecular complexity index is 927. The van der Waals surface area contributed by atoms with Gasteiger partial charge >= 0.3 is 6.03 Å². The van der Waals surface area contributed by atoms with Crippen LogP contribution in [0.2, 0.25) is 0 Å². The molecule has 0 unspecified atom stereocenters. The lowest BCUT2D eigenvalue weighted by molar-refractivity contribution is 0.238. The average Bonchev–Trinajstić information content (AvgIpc) is 3.04. The zero-order valence-corrected chi connectivity index (χ0v) is 20.5. The van der Waals surface area contributed by atoms with Gasteiger partial charge in [0, 0.05) is 50.2 Å². The number of carbonyl (C=O) groups excluding carboxylic acids is 1. The number of ether oxygens (including phenoxy) is 1. The highest BCUT2D eigenvalue weighted by atomic mass is 16.5. The Balaban J connectivity index is 1.13. The number of anilines is 2. The number of piperazine rings is 1. The summed E-state index contributed by atoms with van der Waals surface area (Å²) in [7, 11) is 0. The first-order valence-corrected chi connectivity index (χ1v) is 12.9. The normalized spacial score (nSPS) is 16.4. The van der Waals surface area contributed by atoms with Gasteiger partial charge in [0.05, 0.1) is 6.61 Å². The second-order valence-electron chi connectivity index (χ2n) is 9.28. The number of nitrogens with one attached hydrogen (secondary N) is 2. The third-order valence-corrected chi connectivity index (χ3v) is 6.67. The van der Waals surface area contributed by atoms with Gasteiger partial charge < -0.3 is 20.3 Å². The van der Waals surface area contributed by atoms with Gasteiger partial charge in [-0.25, -0.2) is 9.78 Å². The fourth-order valence-corrected chi connectivity index (χ4v) is 4.62. The molecular weight excluding hydrogens is 426 g/mol. The molecule has 1 fully saturated rings. The van der Waals surface area contributed by atoms with Crippen molar-refractivity contribution in [2.24, 2.45) is 0 Å². The summed E-state index contributed by atoms with van der Waals surface area (Å²) in [4.78, 5) is 21.6. The molecule has 1 aromatic heterocycles. The van der Waals surface area contributed by atoms with Crippen molar-refractivity contribution < 1.29 is 9.53 Å². The lowest BCUT2D eigenvalue weighted by Crippen LogP contribution is -2.47. The molecule has 4 rings (SSSR count). The molecule has 0 radical (unpaired) electrons. The van der Waals surface area contributed by atoms with Crippen molar-refractivity contribution in [1.29, 1.82) is 0 Å². The molecule has 2 aromatic rings. The molecule has 0 saturated carbocycles. The largest absolute Gasteiger partial charge is 0.494 e. The molecule has 7 nitrogen and oxygen atoms in total. The number of aryl methyl sites for hydroxylation is 1. The summed E-state index contributed by atoms with van der Waals surface area (Å²) in [6, 6.07) is 12.3. The fourth-order valence-electron chi connectivity index (χ4n) is 4.62. The lowest BCUT2D eigenvalue weighted by atomic mass is 10.1. The Morgan fingerprint density at radius 2 is 1.91 bits per heavy atom. The van der Waals surface area contributed by atoms with Gasteiger partial charge in [0.2, 0.25) is 0 Å². The van der Waals surface area contributed by atoms with Crippen molar-refractivity contribution in [2.75, 3.05) is 56.1 Å². The molecule has 2 N–H and O–H groups in total. The number of carbonyl (C=O) groups is 1. The van der Waals surface area contributed by atoms with E-state index in [2.05, 4.69) is 45.6 Å². The van der Waals surface area contributed by atoms with Crippen LogP contribution in [0.5, 0.6) is 5.75 Å². The van der Waals surface area contributed by atoms with Crippen LogP contribution in [0.3, 0.4) is 0 Å². The molecule has 0 bridgehead atoms. The van der Waals surface area contributed by atoms with Crippen LogP contribution in [0.25, 0.3) is 0 Å². The molecule has 0 spiro atoms. The van der Waals surface area contributed by atoms with Crippen LogP contribution in [0.4, 0.5) is 16.3 Å². The van der Waals surface area contributed by atoms with Crippen molar-refractivity contribution in [3.63, 3.8) is 0 Å². The Kier molecular flexibility index (Phi) is 9.02. The van der Waals surface area contributed by atoms with E-state index in [0.29, 0.717) is 13.2 Å². The van der Waals surface area contributed by atoms with E-state index < -0.39 is 0 Å². The Hall–Kier alpha value is -2.80. The van der Waals surface area contributed by atoms with Crippen LogP contribution >= 0.6 is 0 Å². The summed E-state index contributed by atoms with van der Waals surface area (Å²) in [5, 5.41) is 5.72. The van der Waals surface area contributed by atoms with Crippen LogP contribution in [0.15, 0.2) is 36.4 Å².